The molecule has 1 aliphatic carbocycles. The molecule has 0 saturated heterocycles. The number of carbonyl (C=O) groups excluding carboxylic acids is 1. The van der Waals surface area contributed by atoms with Crippen molar-refractivity contribution in [2.24, 2.45) is 5.92 Å². The topological polar surface area (TPSA) is 87.7 Å². The van der Waals surface area contributed by atoms with E-state index in [1.807, 2.05) is 24.3 Å². The van der Waals surface area contributed by atoms with Gasteiger partial charge in [0.15, 0.2) is 0 Å². The predicted molar refractivity (Wildman–Crippen MR) is 95.9 cm³/mol. The van der Waals surface area contributed by atoms with Crippen molar-refractivity contribution in [3.63, 3.8) is 0 Å². The van der Waals surface area contributed by atoms with E-state index in [0.717, 1.165) is 5.75 Å². The molecule has 2 amide bonds. The largest absolute Gasteiger partial charge is 0.492 e. The lowest BCUT2D eigenvalue weighted by Crippen LogP contribution is -2.45. The number of ether oxygens (including phenoxy) is 1. The summed E-state index contributed by atoms with van der Waals surface area (Å²) in [5.74, 6) is 0.279. The van der Waals surface area contributed by atoms with Crippen LogP contribution in [0.1, 0.15) is 51.0 Å². The van der Waals surface area contributed by atoms with Crippen molar-refractivity contribution in [1.82, 2.24) is 10.6 Å². The van der Waals surface area contributed by atoms with Crippen LogP contribution in [0.5, 0.6) is 5.75 Å². The molecule has 1 fully saturated rings. The van der Waals surface area contributed by atoms with Gasteiger partial charge in [-0.15, -0.1) is 0 Å². The average Bonchev–Trinajstić information content (AvgIpc) is 2.59. The van der Waals surface area contributed by atoms with Crippen molar-refractivity contribution in [3.05, 3.63) is 29.8 Å². The maximum Gasteiger partial charge on any atom is 0.315 e. The van der Waals surface area contributed by atoms with E-state index in [1.54, 1.807) is 0 Å². The first-order valence-electron chi connectivity index (χ1n) is 8.95. The first-order valence-corrected chi connectivity index (χ1v) is 8.95. The molecule has 0 unspecified atom stereocenters. The van der Waals surface area contributed by atoms with Crippen molar-refractivity contribution < 1.29 is 19.4 Å². The van der Waals surface area contributed by atoms with Gasteiger partial charge in [-0.3, -0.25) is 4.79 Å². The van der Waals surface area contributed by atoms with E-state index in [9.17, 15) is 9.59 Å². The van der Waals surface area contributed by atoms with E-state index < -0.39 is 5.97 Å². The van der Waals surface area contributed by atoms with Gasteiger partial charge in [-0.05, 0) is 49.3 Å². The lowest BCUT2D eigenvalue weighted by atomic mass is 9.86. The minimum absolute atomic E-state index is 0.0556. The molecule has 6 heteroatoms. The van der Waals surface area contributed by atoms with E-state index in [0.29, 0.717) is 44.8 Å². The van der Waals surface area contributed by atoms with Gasteiger partial charge in [-0.25, -0.2) is 4.79 Å². The van der Waals surface area contributed by atoms with Crippen LogP contribution in [0.4, 0.5) is 4.79 Å². The first kappa shape index (κ1) is 19.1. The summed E-state index contributed by atoms with van der Waals surface area (Å²) in [6.07, 6.45) is 2.66. The summed E-state index contributed by atoms with van der Waals surface area (Å²) in [6, 6.07) is 7.81. The minimum Gasteiger partial charge on any atom is -0.492 e. The normalized spacial score (nSPS) is 20.1. The highest BCUT2D eigenvalue weighted by molar-refractivity contribution is 5.74. The van der Waals surface area contributed by atoms with E-state index in [1.165, 1.54) is 5.56 Å². The summed E-state index contributed by atoms with van der Waals surface area (Å²) in [5, 5.41) is 14.6. The molecule has 0 aliphatic heterocycles. The number of hydrogen-bond acceptors (Lipinski definition) is 3. The number of carboxylic acid groups (broad SMARTS) is 1. The highest BCUT2D eigenvalue weighted by atomic mass is 16.5. The number of benzene rings is 1. The van der Waals surface area contributed by atoms with Crippen LogP contribution in [0.15, 0.2) is 24.3 Å². The highest BCUT2D eigenvalue weighted by Gasteiger charge is 2.26. The van der Waals surface area contributed by atoms with Gasteiger partial charge in [0.25, 0.3) is 0 Å². The Balaban J connectivity index is 1.60. The van der Waals surface area contributed by atoms with E-state index >= 15 is 0 Å². The molecule has 1 aromatic rings. The zero-order valence-electron chi connectivity index (χ0n) is 15.0. The van der Waals surface area contributed by atoms with Crippen molar-refractivity contribution in [2.75, 3.05) is 13.2 Å². The molecule has 2 rings (SSSR count). The number of hydrogen-bond donors (Lipinski definition) is 3. The minimum atomic E-state index is -0.735. The Labute approximate surface area is 149 Å². The lowest BCUT2D eigenvalue weighted by Gasteiger charge is -2.26. The molecular formula is C19H28N2O4. The lowest BCUT2D eigenvalue weighted by molar-refractivity contribution is -0.142. The average molecular weight is 348 g/mol. The van der Waals surface area contributed by atoms with E-state index in [-0.39, 0.29) is 18.0 Å². The molecule has 3 N–H and O–H groups in total. The number of aliphatic carboxylic acids is 1. The Morgan fingerprint density at radius 1 is 1.16 bits per heavy atom. The molecule has 0 heterocycles. The Morgan fingerprint density at radius 2 is 1.80 bits per heavy atom. The van der Waals surface area contributed by atoms with Gasteiger partial charge in [0.05, 0.1) is 12.5 Å². The van der Waals surface area contributed by atoms with Gasteiger partial charge >= 0.3 is 12.0 Å². The second kappa shape index (κ2) is 9.30. The van der Waals surface area contributed by atoms with Gasteiger partial charge in [0.1, 0.15) is 12.4 Å². The summed E-state index contributed by atoms with van der Waals surface area (Å²) in [5.41, 5.74) is 1.27. The van der Waals surface area contributed by atoms with Gasteiger partial charge in [0, 0.05) is 6.04 Å². The SMILES string of the molecule is CC(C)c1ccc(OCCNC(=O)NC2CCC(C(=O)O)CC2)cc1. The number of carbonyl (C=O) groups is 2. The summed E-state index contributed by atoms with van der Waals surface area (Å²) in [6.45, 7) is 5.11. The van der Waals surface area contributed by atoms with Gasteiger partial charge < -0.3 is 20.5 Å². The number of amides is 2. The van der Waals surface area contributed by atoms with Crippen LogP contribution in [0.2, 0.25) is 0 Å². The molecule has 1 aliphatic rings. The summed E-state index contributed by atoms with van der Waals surface area (Å²) < 4.78 is 5.61. The fourth-order valence-electron chi connectivity index (χ4n) is 3.00. The van der Waals surface area contributed by atoms with Crippen LogP contribution in [-0.4, -0.2) is 36.3 Å². The molecular weight excluding hydrogens is 320 g/mol. The molecule has 1 aromatic carbocycles. The predicted octanol–water partition coefficient (Wildman–Crippen LogP) is 3.13. The molecule has 25 heavy (non-hydrogen) atoms. The quantitative estimate of drug-likeness (QED) is 0.661. The summed E-state index contributed by atoms with van der Waals surface area (Å²) in [7, 11) is 0. The van der Waals surface area contributed by atoms with Gasteiger partial charge in [-0.1, -0.05) is 26.0 Å². The van der Waals surface area contributed by atoms with Gasteiger partial charge in [-0.2, -0.15) is 0 Å². The third-order valence-electron chi connectivity index (χ3n) is 4.61. The second-order valence-corrected chi connectivity index (χ2v) is 6.86. The van der Waals surface area contributed by atoms with Crippen molar-refractivity contribution in [2.45, 2.75) is 51.5 Å². The fraction of sp³-hybridized carbons (Fsp3) is 0.579. The van der Waals surface area contributed by atoms with Crippen LogP contribution in [0.3, 0.4) is 0 Å². The zero-order valence-corrected chi connectivity index (χ0v) is 15.0. The van der Waals surface area contributed by atoms with Crippen LogP contribution in [-0.2, 0) is 4.79 Å². The van der Waals surface area contributed by atoms with Crippen molar-refractivity contribution >= 4 is 12.0 Å². The van der Waals surface area contributed by atoms with Crippen LogP contribution >= 0.6 is 0 Å². The molecule has 0 bridgehead atoms. The fourth-order valence-corrected chi connectivity index (χ4v) is 3.00. The summed E-state index contributed by atoms with van der Waals surface area (Å²) in [4.78, 5) is 22.8. The zero-order chi connectivity index (χ0) is 18.2. The third kappa shape index (κ3) is 6.29. The van der Waals surface area contributed by atoms with Crippen molar-refractivity contribution in [3.8, 4) is 5.75 Å². The maximum atomic E-state index is 11.9. The van der Waals surface area contributed by atoms with Crippen LogP contribution < -0.4 is 15.4 Å². The first-order chi connectivity index (χ1) is 12.0. The monoisotopic (exact) mass is 348 g/mol. The Hall–Kier alpha value is -2.24. The number of rotatable bonds is 7. The second-order valence-electron chi connectivity index (χ2n) is 6.86. The van der Waals surface area contributed by atoms with Gasteiger partial charge in [0.2, 0.25) is 0 Å². The third-order valence-corrected chi connectivity index (χ3v) is 4.61. The Morgan fingerprint density at radius 3 is 2.36 bits per heavy atom. The Bertz CT molecular complexity index is 563. The molecule has 0 spiro atoms. The molecule has 6 nitrogen and oxygen atoms in total. The standard InChI is InChI=1S/C19H28N2O4/c1-13(2)14-5-9-17(10-6-14)25-12-11-20-19(24)21-16-7-3-15(4-8-16)18(22)23/h5-6,9-10,13,15-16H,3-4,7-8,11-12H2,1-2H3,(H,22,23)(H2,20,21,24). The molecule has 138 valence electrons. The maximum absolute atomic E-state index is 11.9. The smallest absolute Gasteiger partial charge is 0.315 e. The number of nitrogens with one attached hydrogen (secondary N) is 2. The van der Waals surface area contributed by atoms with E-state index in [4.69, 9.17) is 9.84 Å². The Kier molecular flexibility index (Phi) is 7.10. The van der Waals surface area contributed by atoms with Crippen LogP contribution in [0, 0.1) is 5.92 Å². The molecule has 0 aromatic heterocycles. The number of urea groups is 1. The summed E-state index contributed by atoms with van der Waals surface area (Å²) >= 11 is 0. The molecule has 0 atom stereocenters. The van der Waals surface area contributed by atoms with Crippen molar-refractivity contribution in [1.29, 1.82) is 0 Å². The molecule has 1 saturated carbocycles. The highest BCUT2D eigenvalue weighted by Crippen LogP contribution is 2.24. The molecule has 0 radical (unpaired) electrons. The van der Waals surface area contributed by atoms with Crippen LogP contribution in [0.25, 0.3) is 0 Å². The van der Waals surface area contributed by atoms with E-state index in [2.05, 4.69) is 24.5 Å². The number of carboxylic acids is 1.